The number of nitrogens with zero attached hydrogens (tertiary/aromatic N) is 1. The number of ether oxygens (including phenoxy) is 5. The highest BCUT2D eigenvalue weighted by Crippen LogP contribution is 2.36. The van der Waals surface area contributed by atoms with Crippen LogP contribution in [-0.2, 0) is 33.3 Å². The zero-order valence-electron chi connectivity index (χ0n) is 31.3. The molecule has 0 amide bonds. The van der Waals surface area contributed by atoms with Gasteiger partial charge in [-0.05, 0) is 59.2 Å². The zero-order valence-corrected chi connectivity index (χ0v) is 31.3. The number of cyclic esters (lactones) is 1. The Morgan fingerprint density at radius 3 is 2.10 bits per heavy atom. The van der Waals surface area contributed by atoms with Crippen molar-refractivity contribution >= 4 is 11.8 Å². The highest BCUT2D eigenvalue weighted by atomic mass is 16.7. The Balaban J connectivity index is 2.02. The molecule has 5 N–H and O–H groups in total. The number of aliphatic hydroxyl groups excluding tert-OH is 5. The monoisotopic (exact) mass is 713 g/mol. The molecule has 3 aliphatic heterocycles. The molecule has 2 saturated heterocycles. The molecular formula is C37H63NO12. The van der Waals surface area contributed by atoms with Gasteiger partial charge < -0.3 is 54.1 Å². The van der Waals surface area contributed by atoms with E-state index in [-0.39, 0.29) is 42.1 Å². The smallest absolute Gasteiger partial charge is 0.308 e. The van der Waals surface area contributed by atoms with Crippen molar-refractivity contribution in [3.8, 4) is 0 Å². The number of allylic oxidation sites excluding steroid dienone is 3. The number of ketones is 1. The third-order valence-corrected chi connectivity index (χ3v) is 10.6. The third kappa shape index (κ3) is 10.9. The molecule has 16 atom stereocenters. The van der Waals surface area contributed by atoms with Crippen LogP contribution >= 0.6 is 0 Å². The minimum absolute atomic E-state index is 0.0413. The molecule has 0 spiro atoms. The van der Waals surface area contributed by atoms with Gasteiger partial charge in [-0.1, -0.05) is 58.8 Å². The molecule has 0 bridgehead atoms. The van der Waals surface area contributed by atoms with E-state index in [1.807, 2.05) is 66.6 Å². The number of carbonyl (C=O) groups is 2. The van der Waals surface area contributed by atoms with Crippen LogP contribution in [0.2, 0.25) is 0 Å². The van der Waals surface area contributed by atoms with Gasteiger partial charge in [0.15, 0.2) is 18.4 Å². The summed E-state index contributed by atoms with van der Waals surface area (Å²) < 4.78 is 31.1. The minimum atomic E-state index is -1.64. The Morgan fingerprint density at radius 1 is 0.840 bits per heavy atom. The maximum Gasteiger partial charge on any atom is 0.308 e. The van der Waals surface area contributed by atoms with Crippen LogP contribution in [0.15, 0.2) is 23.8 Å². The fourth-order valence-electron chi connectivity index (χ4n) is 7.35. The summed E-state index contributed by atoms with van der Waals surface area (Å²) in [6, 6.07) is -0.326. The van der Waals surface area contributed by atoms with E-state index in [0.29, 0.717) is 25.7 Å². The Hall–Kier alpha value is -1.78. The second kappa shape index (κ2) is 19.3. The van der Waals surface area contributed by atoms with Gasteiger partial charge in [-0.3, -0.25) is 9.59 Å². The molecule has 0 radical (unpaired) electrons. The van der Waals surface area contributed by atoms with Crippen LogP contribution in [0.4, 0.5) is 0 Å². The molecule has 3 aliphatic rings. The molecule has 0 saturated carbocycles. The van der Waals surface area contributed by atoms with Crippen LogP contribution in [0, 0.1) is 23.7 Å². The Morgan fingerprint density at radius 2 is 1.50 bits per heavy atom. The summed E-state index contributed by atoms with van der Waals surface area (Å²) in [5.41, 5.74) is 0.881. The number of rotatable bonds is 8. The van der Waals surface area contributed by atoms with Gasteiger partial charge in [0.1, 0.15) is 36.6 Å². The molecule has 13 heteroatoms. The average Bonchev–Trinajstić information content (AvgIpc) is 3.07. The Bertz CT molecular complexity index is 1150. The first-order chi connectivity index (χ1) is 23.5. The maximum atomic E-state index is 13.4. The van der Waals surface area contributed by atoms with E-state index in [0.717, 1.165) is 5.57 Å². The topological polar surface area (TPSA) is 185 Å². The van der Waals surface area contributed by atoms with Crippen LogP contribution in [0.1, 0.15) is 80.6 Å². The summed E-state index contributed by atoms with van der Waals surface area (Å²) >= 11 is 0. The van der Waals surface area contributed by atoms with Crippen molar-refractivity contribution in [1.82, 2.24) is 4.90 Å². The molecule has 13 nitrogen and oxygen atoms in total. The van der Waals surface area contributed by atoms with Gasteiger partial charge in [0.25, 0.3) is 0 Å². The van der Waals surface area contributed by atoms with E-state index < -0.39 is 79.9 Å². The number of hydrogen-bond acceptors (Lipinski definition) is 13. The van der Waals surface area contributed by atoms with Gasteiger partial charge in [-0.2, -0.15) is 0 Å². The first kappa shape index (κ1) is 42.6. The predicted molar refractivity (Wildman–Crippen MR) is 185 cm³/mol. The van der Waals surface area contributed by atoms with Gasteiger partial charge in [0.2, 0.25) is 0 Å². The van der Waals surface area contributed by atoms with Crippen LogP contribution in [0.3, 0.4) is 0 Å². The van der Waals surface area contributed by atoms with E-state index in [2.05, 4.69) is 0 Å². The molecule has 3 rings (SSSR count). The maximum absolute atomic E-state index is 13.4. The van der Waals surface area contributed by atoms with Crippen molar-refractivity contribution in [2.24, 2.45) is 23.7 Å². The Labute approximate surface area is 297 Å². The van der Waals surface area contributed by atoms with Crippen molar-refractivity contribution in [3.63, 3.8) is 0 Å². The lowest BCUT2D eigenvalue weighted by Gasteiger charge is -2.48. The molecule has 0 aliphatic carbocycles. The Kier molecular flexibility index (Phi) is 16.5. The number of carbonyl (C=O) groups excluding carboxylic acids is 2. The average molecular weight is 714 g/mol. The van der Waals surface area contributed by atoms with E-state index in [1.54, 1.807) is 19.1 Å². The van der Waals surface area contributed by atoms with Crippen molar-refractivity contribution < 1.29 is 58.8 Å². The molecular weight excluding hydrogens is 650 g/mol. The molecule has 0 aromatic carbocycles. The van der Waals surface area contributed by atoms with Crippen LogP contribution in [-0.4, -0.2) is 136 Å². The van der Waals surface area contributed by atoms with E-state index >= 15 is 0 Å². The van der Waals surface area contributed by atoms with Crippen molar-refractivity contribution in [3.05, 3.63) is 23.8 Å². The van der Waals surface area contributed by atoms with Gasteiger partial charge in [0.05, 0.1) is 31.3 Å². The molecule has 1 unspecified atom stereocenters. The SMILES string of the molecule is CCC1C[C@@H](C)C(=O)/C=C/C(C)=C/[C@H](C)[C@@H](CC)OC(=O)C[C@@H](O)[C@H](C)[C@H]1O[C@H]1O[C@H](C)C[C@H](N(C)C)[C@H]1O[C@@H]1O[C@H](CO)[C@@H](O)[C@H](O)[C@H]1O. The van der Waals surface area contributed by atoms with Crippen LogP contribution < -0.4 is 0 Å². The third-order valence-electron chi connectivity index (χ3n) is 10.6. The number of aliphatic hydroxyl groups is 5. The van der Waals surface area contributed by atoms with Crippen LogP contribution in [0.25, 0.3) is 0 Å². The van der Waals surface area contributed by atoms with Crippen molar-refractivity contribution in [2.75, 3.05) is 20.7 Å². The lowest BCUT2D eigenvalue weighted by Crippen LogP contribution is -2.63. The van der Waals surface area contributed by atoms with E-state index in [9.17, 15) is 35.1 Å². The largest absolute Gasteiger partial charge is 0.462 e. The standard InChI is InChI=1S/C37H63NO12/c1-10-24-15-20(4)26(40)13-12-19(3)14-21(5)28(11-2)47-30(42)17-27(41)23(7)34(24)49-37-35(25(38(8)9)16-22(6)46-37)50-36-33(45)32(44)31(43)29(18-39)48-36/h12-14,20-25,27-29,31-37,39,41,43-45H,10-11,15-18H2,1-9H3/b13-12+,19-14+/t20-,21+,22-,23+,24?,25+,27-,28-,29-,31-,32+,33-,34-,35-,36+,37-/m1/s1. The molecule has 288 valence electrons. The summed E-state index contributed by atoms with van der Waals surface area (Å²) in [5.74, 6) is -1.93. The summed E-state index contributed by atoms with van der Waals surface area (Å²) in [4.78, 5) is 28.5. The fourth-order valence-corrected chi connectivity index (χ4v) is 7.35. The van der Waals surface area contributed by atoms with Crippen LogP contribution in [0.5, 0.6) is 0 Å². The second-order valence-corrected chi connectivity index (χ2v) is 14.9. The zero-order chi connectivity index (χ0) is 37.4. The van der Waals surface area contributed by atoms with E-state index in [4.69, 9.17) is 23.7 Å². The highest BCUT2D eigenvalue weighted by Gasteiger charge is 2.50. The van der Waals surface area contributed by atoms with Crippen molar-refractivity contribution in [2.45, 2.75) is 154 Å². The summed E-state index contributed by atoms with van der Waals surface area (Å²) in [6.45, 7) is 12.7. The van der Waals surface area contributed by atoms with Gasteiger partial charge in [0, 0.05) is 23.8 Å². The highest BCUT2D eigenvalue weighted by molar-refractivity contribution is 5.91. The summed E-state index contributed by atoms with van der Waals surface area (Å²) in [6.07, 6.45) is -4.80. The molecule has 50 heavy (non-hydrogen) atoms. The summed E-state index contributed by atoms with van der Waals surface area (Å²) in [5, 5.41) is 53.0. The molecule has 3 heterocycles. The number of likely N-dealkylation sites (N-methyl/N-ethyl adjacent to an activating group) is 1. The first-order valence-electron chi connectivity index (χ1n) is 18.2. The fraction of sp³-hybridized carbons (Fsp3) is 0.838. The number of hydrogen-bond donors (Lipinski definition) is 5. The quantitative estimate of drug-likeness (QED) is 0.231. The second-order valence-electron chi connectivity index (χ2n) is 14.9. The lowest BCUT2D eigenvalue weighted by molar-refractivity contribution is -0.356. The van der Waals surface area contributed by atoms with Gasteiger partial charge >= 0.3 is 5.97 Å². The number of esters is 1. The van der Waals surface area contributed by atoms with Gasteiger partial charge in [-0.15, -0.1) is 0 Å². The normalized spacial score (nSPS) is 44.7. The van der Waals surface area contributed by atoms with E-state index in [1.165, 1.54) is 0 Å². The molecule has 0 aromatic rings. The van der Waals surface area contributed by atoms with Gasteiger partial charge in [-0.25, -0.2) is 0 Å². The molecule has 0 aromatic heterocycles. The lowest BCUT2D eigenvalue weighted by atomic mass is 9.80. The van der Waals surface area contributed by atoms with Crippen molar-refractivity contribution in [1.29, 1.82) is 0 Å². The minimum Gasteiger partial charge on any atom is -0.462 e. The predicted octanol–water partition coefficient (Wildman–Crippen LogP) is 2.10. The summed E-state index contributed by atoms with van der Waals surface area (Å²) in [7, 11) is 3.73. The molecule has 2 fully saturated rings. The first-order valence-corrected chi connectivity index (χ1v) is 18.2.